The van der Waals surface area contributed by atoms with Gasteiger partial charge in [0.05, 0.1) is 23.4 Å². The molecule has 0 heterocycles. The topological polar surface area (TPSA) is 102 Å². The molecule has 2 amide bonds. The SMILES string of the molecule is CC[C@H](CC(=O)O)c1ccc(N(CC(C)(C)O)C2CCCCC2)c(NC(=O)Nc2ccc(C)cc2)c1. The minimum absolute atomic E-state index is 0.0286. The number of urea groups is 1. The molecule has 1 fully saturated rings. The standard InChI is InChI=1S/C29H41N3O4/c1-5-21(18-27(33)34)22-13-16-26(32(19-29(3,4)36)24-9-7-6-8-10-24)25(17-22)31-28(35)30-23-14-11-20(2)12-15-23/h11-17,21,24,36H,5-10,18-19H2,1-4H3,(H,33,34)(H2,30,31,35)/t21-/m1/s1. The van der Waals surface area contributed by atoms with Crippen LogP contribution in [0.5, 0.6) is 0 Å². The summed E-state index contributed by atoms with van der Waals surface area (Å²) in [5.74, 6) is -1.00. The Balaban J connectivity index is 1.99. The minimum atomic E-state index is -0.924. The minimum Gasteiger partial charge on any atom is -0.481 e. The summed E-state index contributed by atoms with van der Waals surface area (Å²) in [7, 11) is 0. The smallest absolute Gasteiger partial charge is 0.323 e. The van der Waals surface area contributed by atoms with Crippen molar-refractivity contribution in [3.05, 3.63) is 53.6 Å². The van der Waals surface area contributed by atoms with Crippen molar-refractivity contribution in [1.82, 2.24) is 0 Å². The molecule has 0 unspecified atom stereocenters. The number of aliphatic hydroxyl groups is 1. The van der Waals surface area contributed by atoms with Gasteiger partial charge in [-0.2, -0.15) is 0 Å². The molecule has 0 aliphatic heterocycles. The molecule has 1 atom stereocenters. The Morgan fingerprint density at radius 1 is 1.06 bits per heavy atom. The zero-order chi connectivity index (χ0) is 26.3. The third kappa shape index (κ3) is 7.98. The molecule has 4 N–H and O–H groups in total. The molecule has 2 aromatic carbocycles. The van der Waals surface area contributed by atoms with E-state index in [2.05, 4.69) is 15.5 Å². The lowest BCUT2D eigenvalue weighted by molar-refractivity contribution is -0.137. The van der Waals surface area contributed by atoms with E-state index in [9.17, 15) is 19.8 Å². The molecule has 2 aromatic rings. The van der Waals surface area contributed by atoms with E-state index in [-0.39, 0.29) is 24.4 Å². The van der Waals surface area contributed by atoms with Crippen LogP contribution in [0.4, 0.5) is 21.9 Å². The molecule has 1 aliphatic rings. The number of carboxylic acids is 1. The van der Waals surface area contributed by atoms with Gasteiger partial charge in [-0.25, -0.2) is 4.79 Å². The predicted octanol–water partition coefficient (Wildman–Crippen LogP) is 6.52. The molecule has 0 spiro atoms. The number of nitrogens with zero attached hydrogens (tertiary/aromatic N) is 1. The number of aryl methyl sites for hydroxylation is 1. The normalized spacial score (nSPS) is 15.2. The molecule has 1 saturated carbocycles. The first-order valence-electron chi connectivity index (χ1n) is 13.0. The summed E-state index contributed by atoms with van der Waals surface area (Å²) in [4.78, 5) is 26.7. The molecule has 0 bridgehead atoms. The first-order chi connectivity index (χ1) is 17.1. The molecule has 0 aromatic heterocycles. The van der Waals surface area contributed by atoms with Crippen molar-refractivity contribution in [2.75, 3.05) is 22.1 Å². The quantitative estimate of drug-likeness (QED) is 0.301. The Hall–Kier alpha value is -3.06. The number of benzene rings is 2. The summed E-state index contributed by atoms with van der Waals surface area (Å²) in [6.07, 6.45) is 6.25. The van der Waals surface area contributed by atoms with Crippen LogP contribution in [0.15, 0.2) is 42.5 Å². The van der Waals surface area contributed by atoms with Gasteiger partial charge in [-0.1, -0.05) is 49.9 Å². The summed E-state index contributed by atoms with van der Waals surface area (Å²) < 4.78 is 0. The Morgan fingerprint density at radius 3 is 2.31 bits per heavy atom. The van der Waals surface area contributed by atoms with Crippen molar-refractivity contribution < 1.29 is 19.8 Å². The van der Waals surface area contributed by atoms with Crippen LogP contribution in [0.3, 0.4) is 0 Å². The van der Waals surface area contributed by atoms with Gasteiger partial charge < -0.3 is 25.7 Å². The summed E-state index contributed by atoms with van der Waals surface area (Å²) >= 11 is 0. The lowest BCUT2D eigenvalue weighted by atomic mass is 9.90. The van der Waals surface area contributed by atoms with Gasteiger partial charge in [0.1, 0.15) is 0 Å². The lowest BCUT2D eigenvalue weighted by Gasteiger charge is -2.40. The van der Waals surface area contributed by atoms with E-state index >= 15 is 0 Å². The van der Waals surface area contributed by atoms with Gasteiger partial charge in [0.25, 0.3) is 0 Å². The molecule has 1 aliphatic carbocycles. The number of nitrogens with one attached hydrogen (secondary N) is 2. The molecule has 7 nitrogen and oxygen atoms in total. The van der Waals surface area contributed by atoms with Gasteiger partial charge >= 0.3 is 12.0 Å². The molecule has 36 heavy (non-hydrogen) atoms. The van der Waals surface area contributed by atoms with E-state index < -0.39 is 11.6 Å². The van der Waals surface area contributed by atoms with E-state index in [1.54, 1.807) is 13.8 Å². The van der Waals surface area contributed by atoms with Crippen molar-refractivity contribution in [2.24, 2.45) is 0 Å². The summed E-state index contributed by atoms with van der Waals surface area (Å²) in [5.41, 5.74) is 3.21. The van der Waals surface area contributed by atoms with Gasteiger partial charge in [-0.15, -0.1) is 0 Å². The van der Waals surface area contributed by atoms with Gasteiger partial charge in [-0.3, -0.25) is 4.79 Å². The maximum Gasteiger partial charge on any atom is 0.323 e. The van der Waals surface area contributed by atoms with Gasteiger partial charge in [0, 0.05) is 18.3 Å². The first kappa shape index (κ1) is 27.5. The van der Waals surface area contributed by atoms with Crippen molar-refractivity contribution in [2.45, 2.75) is 90.2 Å². The maximum absolute atomic E-state index is 13.0. The number of carboxylic acid groups (broad SMARTS) is 1. The van der Waals surface area contributed by atoms with Gasteiger partial charge in [0.15, 0.2) is 0 Å². The summed E-state index contributed by atoms with van der Waals surface area (Å²) in [6, 6.07) is 13.3. The Bertz CT molecular complexity index is 1020. The van der Waals surface area contributed by atoms with Crippen molar-refractivity contribution >= 4 is 29.1 Å². The average molecular weight is 496 g/mol. The van der Waals surface area contributed by atoms with Crippen LogP contribution in [0.25, 0.3) is 0 Å². The number of anilines is 3. The third-order valence-corrected chi connectivity index (χ3v) is 6.85. The number of hydrogen-bond donors (Lipinski definition) is 4. The van der Waals surface area contributed by atoms with Crippen LogP contribution < -0.4 is 15.5 Å². The fourth-order valence-electron chi connectivity index (χ4n) is 5.01. The Labute approximate surface area is 214 Å². The first-order valence-corrected chi connectivity index (χ1v) is 13.0. The fraction of sp³-hybridized carbons (Fsp3) is 0.517. The number of carbonyl (C=O) groups excluding carboxylic acids is 1. The molecule has 196 valence electrons. The third-order valence-electron chi connectivity index (χ3n) is 6.85. The van der Waals surface area contributed by atoms with Crippen molar-refractivity contribution in [1.29, 1.82) is 0 Å². The van der Waals surface area contributed by atoms with Crippen LogP contribution in [-0.4, -0.2) is 40.4 Å². The van der Waals surface area contributed by atoms with E-state index in [0.29, 0.717) is 24.3 Å². The second-order valence-electron chi connectivity index (χ2n) is 10.7. The highest BCUT2D eigenvalue weighted by Crippen LogP contribution is 2.37. The summed E-state index contributed by atoms with van der Waals surface area (Å²) in [6.45, 7) is 7.99. The largest absolute Gasteiger partial charge is 0.481 e. The van der Waals surface area contributed by atoms with Crippen LogP contribution >= 0.6 is 0 Å². The van der Waals surface area contributed by atoms with Crippen LogP contribution in [0.2, 0.25) is 0 Å². The average Bonchev–Trinajstić information content (AvgIpc) is 2.82. The monoisotopic (exact) mass is 495 g/mol. The lowest BCUT2D eigenvalue weighted by Crippen LogP contribution is -2.46. The van der Waals surface area contributed by atoms with E-state index in [1.165, 1.54) is 6.42 Å². The van der Waals surface area contributed by atoms with Crippen LogP contribution in [0.1, 0.15) is 82.8 Å². The van der Waals surface area contributed by atoms with Gasteiger partial charge in [0.2, 0.25) is 0 Å². The number of amides is 2. The van der Waals surface area contributed by atoms with Gasteiger partial charge in [-0.05, 0) is 75.8 Å². The molecular weight excluding hydrogens is 454 g/mol. The summed E-state index contributed by atoms with van der Waals surface area (Å²) in [5, 5.41) is 26.1. The van der Waals surface area contributed by atoms with Crippen molar-refractivity contribution in [3.8, 4) is 0 Å². The maximum atomic E-state index is 13.0. The fourth-order valence-corrected chi connectivity index (χ4v) is 5.01. The van der Waals surface area contributed by atoms with E-state index in [1.807, 2.05) is 56.3 Å². The number of aliphatic carboxylic acids is 1. The zero-order valence-corrected chi connectivity index (χ0v) is 22.0. The Morgan fingerprint density at radius 2 is 1.72 bits per heavy atom. The molecular formula is C29H41N3O4. The van der Waals surface area contributed by atoms with Crippen LogP contribution in [0, 0.1) is 6.92 Å². The predicted molar refractivity (Wildman–Crippen MR) is 146 cm³/mol. The molecule has 0 radical (unpaired) electrons. The second-order valence-corrected chi connectivity index (χ2v) is 10.7. The van der Waals surface area contributed by atoms with Crippen molar-refractivity contribution in [3.63, 3.8) is 0 Å². The highest BCUT2D eigenvalue weighted by atomic mass is 16.4. The Kier molecular flexibility index (Phi) is 9.37. The highest BCUT2D eigenvalue weighted by molar-refractivity contribution is 6.02. The van der Waals surface area contributed by atoms with E-state index in [4.69, 9.17) is 0 Å². The number of hydrogen-bond acceptors (Lipinski definition) is 4. The van der Waals surface area contributed by atoms with Crippen LogP contribution in [-0.2, 0) is 4.79 Å². The number of carbonyl (C=O) groups is 2. The second kappa shape index (κ2) is 12.3. The number of rotatable bonds is 10. The molecule has 7 heteroatoms. The zero-order valence-electron chi connectivity index (χ0n) is 22.0. The van der Waals surface area contributed by atoms with E-state index in [0.717, 1.165) is 42.5 Å². The molecule has 0 saturated heterocycles. The highest BCUT2D eigenvalue weighted by Gasteiger charge is 2.29. The molecule has 3 rings (SSSR count).